The zero-order valence-electron chi connectivity index (χ0n) is 23.0. The Morgan fingerprint density at radius 2 is 1.75 bits per heavy atom. The molecule has 36 heavy (non-hydrogen) atoms. The summed E-state index contributed by atoms with van der Waals surface area (Å²) >= 11 is 4.36. The van der Waals surface area contributed by atoms with Crippen LogP contribution < -0.4 is 10.6 Å². The molecule has 3 atom stereocenters. The van der Waals surface area contributed by atoms with E-state index in [4.69, 9.17) is 4.74 Å². The minimum atomic E-state index is -0.936. The molecular formula is C28H45N3O4S. The number of nitrogens with one attached hydrogen (secondary N) is 2. The van der Waals surface area contributed by atoms with Crippen LogP contribution in [0, 0.1) is 13.8 Å². The number of aryl methyl sites for hydroxylation is 2. The van der Waals surface area contributed by atoms with E-state index in [1.54, 1.807) is 25.7 Å². The van der Waals surface area contributed by atoms with E-state index in [1.807, 2.05) is 45.9 Å². The van der Waals surface area contributed by atoms with Crippen LogP contribution in [0.25, 0.3) is 0 Å². The van der Waals surface area contributed by atoms with Crippen molar-refractivity contribution in [1.82, 2.24) is 15.5 Å². The summed E-state index contributed by atoms with van der Waals surface area (Å²) in [5.41, 5.74) is 2.23. The number of ether oxygens (including phenoxy) is 1. The number of benzene rings is 1. The van der Waals surface area contributed by atoms with Crippen molar-refractivity contribution in [2.45, 2.75) is 117 Å². The number of amides is 3. The first-order valence-electron chi connectivity index (χ1n) is 13.2. The van der Waals surface area contributed by atoms with Crippen LogP contribution in [0.2, 0.25) is 0 Å². The average Bonchev–Trinajstić information content (AvgIpc) is 2.81. The van der Waals surface area contributed by atoms with Gasteiger partial charge in [-0.3, -0.25) is 9.59 Å². The van der Waals surface area contributed by atoms with Crippen molar-refractivity contribution in [2.24, 2.45) is 0 Å². The van der Waals surface area contributed by atoms with Gasteiger partial charge in [0.2, 0.25) is 11.8 Å². The molecule has 1 aliphatic carbocycles. The summed E-state index contributed by atoms with van der Waals surface area (Å²) in [5, 5.41) is 5.90. The Labute approximate surface area is 222 Å². The minimum Gasteiger partial charge on any atom is -0.444 e. The fourth-order valence-electron chi connectivity index (χ4n) is 4.51. The summed E-state index contributed by atoms with van der Waals surface area (Å²) in [6, 6.07) is 4.00. The number of carbonyl (C=O) groups excluding carboxylic acids is 3. The van der Waals surface area contributed by atoms with Crippen LogP contribution in [-0.4, -0.2) is 52.3 Å². The molecule has 0 spiro atoms. The zero-order chi connectivity index (χ0) is 27.0. The zero-order valence-corrected chi connectivity index (χ0v) is 23.9. The van der Waals surface area contributed by atoms with Gasteiger partial charge in [-0.1, -0.05) is 44.4 Å². The highest BCUT2D eigenvalue weighted by molar-refractivity contribution is 7.80. The van der Waals surface area contributed by atoms with Crippen molar-refractivity contribution in [2.75, 3.05) is 5.75 Å². The van der Waals surface area contributed by atoms with Crippen LogP contribution in [0.1, 0.15) is 95.9 Å². The summed E-state index contributed by atoms with van der Waals surface area (Å²) in [4.78, 5) is 41.9. The quantitative estimate of drug-likeness (QED) is 0.389. The van der Waals surface area contributed by atoms with E-state index in [2.05, 4.69) is 23.3 Å². The molecule has 0 saturated heterocycles. The molecule has 8 heteroatoms. The van der Waals surface area contributed by atoms with Gasteiger partial charge in [0.15, 0.2) is 0 Å². The number of hydrogen-bond acceptors (Lipinski definition) is 5. The molecule has 0 heterocycles. The summed E-state index contributed by atoms with van der Waals surface area (Å²) in [5.74, 6) is -0.462. The highest BCUT2D eigenvalue weighted by Crippen LogP contribution is 2.29. The van der Waals surface area contributed by atoms with Crippen molar-refractivity contribution in [3.8, 4) is 0 Å². The van der Waals surface area contributed by atoms with E-state index in [0.29, 0.717) is 6.42 Å². The Morgan fingerprint density at radius 3 is 2.28 bits per heavy atom. The van der Waals surface area contributed by atoms with Gasteiger partial charge in [0.05, 0.1) is 0 Å². The van der Waals surface area contributed by atoms with Gasteiger partial charge in [0.25, 0.3) is 0 Å². The van der Waals surface area contributed by atoms with Crippen molar-refractivity contribution in [3.63, 3.8) is 0 Å². The number of rotatable bonds is 9. The van der Waals surface area contributed by atoms with Crippen LogP contribution >= 0.6 is 12.6 Å². The van der Waals surface area contributed by atoms with Gasteiger partial charge in [-0.05, 0) is 77.5 Å². The van der Waals surface area contributed by atoms with E-state index < -0.39 is 23.8 Å². The van der Waals surface area contributed by atoms with E-state index in [0.717, 1.165) is 42.4 Å². The molecule has 1 aromatic rings. The highest BCUT2D eigenvalue weighted by atomic mass is 32.1. The van der Waals surface area contributed by atoms with Crippen molar-refractivity contribution >= 4 is 30.5 Å². The summed E-state index contributed by atoms with van der Waals surface area (Å²) in [7, 11) is 0. The predicted octanol–water partition coefficient (Wildman–Crippen LogP) is 5.24. The maximum Gasteiger partial charge on any atom is 0.408 e. The molecule has 0 aliphatic heterocycles. The normalized spacial score (nSPS) is 17.0. The third-order valence-electron chi connectivity index (χ3n) is 6.82. The Balaban J connectivity index is 2.46. The average molecular weight is 520 g/mol. The third-order valence-corrected chi connectivity index (χ3v) is 7.18. The van der Waals surface area contributed by atoms with Gasteiger partial charge >= 0.3 is 6.09 Å². The summed E-state index contributed by atoms with van der Waals surface area (Å²) < 4.78 is 5.37. The SMILES string of the molecule is CCC(C)N(C(=O)C(CS)NC(=O)OC(C)(C)C)C(C(=O)NC1CCCCC1)c1ccc(C)c(C)c1. The van der Waals surface area contributed by atoms with Crippen molar-refractivity contribution < 1.29 is 19.1 Å². The lowest BCUT2D eigenvalue weighted by atomic mass is 9.93. The van der Waals surface area contributed by atoms with Crippen molar-refractivity contribution in [3.05, 3.63) is 34.9 Å². The van der Waals surface area contributed by atoms with Crippen LogP contribution in [0.15, 0.2) is 18.2 Å². The van der Waals surface area contributed by atoms with Gasteiger partial charge < -0.3 is 20.3 Å². The molecule has 2 rings (SSSR count). The van der Waals surface area contributed by atoms with E-state index in [1.165, 1.54) is 6.42 Å². The number of hydrogen-bond donors (Lipinski definition) is 3. The van der Waals surface area contributed by atoms with Crippen LogP contribution in [0.5, 0.6) is 0 Å². The maximum absolute atomic E-state index is 14.0. The first-order valence-corrected chi connectivity index (χ1v) is 13.8. The van der Waals surface area contributed by atoms with E-state index in [9.17, 15) is 14.4 Å². The second-order valence-corrected chi connectivity index (χ2v) is 11.3. The van der Waals surface area contributed by atoms with Gasteiger partial charge in [0, 0.05) is 17.8 Å². The molecule has 202 valence electrons. The van der Waals surface area contributed by atoms with Crippen molar-refractivity contribution in [1.29, 1.82) is 0 Å². The monoisotopic (exact) mass is 519 g/mol. The fourth-order valence-corrected chi connectivity index (χ4v) is 4.76. The number of nitrogens with zero attached hydrogens (tertiary/aromatic N) is 1. The number of carbonyl (C=O) groups is 3. The van der Waals surface area contributed by atoms with Gasteiger partial charge in [-0.2, -0.15) is 12.6 Å². The highest BCUT2D eigenvalue weighted by Gasteiger charge is 2.38. The third kappa shape index (κ3) is 8.43. The summed E-state index contributed by atoms with van der Waals surface area (Å²) in [6.07, 6.45) is 5.22. The Kier molecular flexibility index (Phi) is 11.1. The Bertz CT molecular complexity index is 909. The lowest BCUT2D eigenvalue weighted by Crippen LogP contribution is -2.56. The van der Waals surface area contributed by atoms with E-state index >= 15 is 0 Å². The maximum atomic E-state index is 14.0. The van der Waals surface area contributed by atoms with Crippen LogP contribution in [0.4, 0.5) is 4.79 Å². The molecule has 1 aliphatic rings. The first kappa shape index (κ1) is 30.0. The lowest BCUT2D eigenvalue weighted by Gasteiger charge is -2.39. The Hall–Kier alpha value is -2.22. The van der Waals surface area contributed by atoms with Crippen LogP contribution in [0.3, 0.4) is 0 Å². The minimum absolute atomic E-state index is 0.0783. The number of alkyl carbamates (subject to hydrolysis) is 1. The molecule has 1 aromatic carbocycles. The molecule has 2 N–H and O–H groups in total. The Morgan fingerprint density at radius 1 is 1.11 bits per heavy atom. The predicted molar refractivity (Wildman–Crippen MR) is 147 cm³/mol. The topological polar surface area (TPSA) is 87.7 Å². The second-order valence-electron chi connectivity index (χ2n) is 11.0. The standard InChI is InChI=1S/C28H45N3O4S/c1-8-20(4)31(26(33)23(17-36)30-27(34)35-28(5,6)7)24(21-15-14-18(2)19(3)16-21)25(32)29-22-12-10-9-11-13-22/h14-16,20,22-24,36H,8-13,17H2,1-7H3,(H,29,32)(H,30,34). The smallest absolute Gasteiger partial charge is 0.408 e. The molecule has 3 unspecified atom stereocenters. The molecule has 1 fully saturated rings. The van der Waals surface area contributed by atoms with Crippen LogP contribution in [-0.2, 0) is 14.3 Å². The fraction of sp³-hybridized carbons (Fsp3) is 0.679. The largest absolute Gasteiger partial charge is 0.444 e. The van der Waals surface area contributed by atoms with E-state index in [-0.39, 0.29) is 29.7 Å². The van der Waals surface area contributed by atoms with Gasteiger partial charge in [0.1, 0.15) is 17.7 Å². The summed E-state index contributed by atoms with van der Waals surface area (Å²) in [6.45, 7) is 13.2. The molecule has 0 radical (unpaired) electrons. The first-order chi connectivity index (χ1) is 16.9. The molecule has 1 saturated carbocycles. The van der Waals surface area contributed by atoms with Gasteiger partial charge in [-0.25, -0.2) is 4.79 Å². The molecule has 0 bridgehead atoms. The molecule has 7 nitrogen and oxygen atoms in total. The second kappa shape index (κ2) is 13.4. The lowest BCUT2D eigenvalue weighted by molar-refractivity contribution is -0.145. The molecule has 3 amide bonds. The van der Waals surface area contributed by atoms with Gasteiger partial charge in [-0.15, -0.1) is 0 Å². The molecular weight excluding hydrogens is 474 g/mol. The molecule has 0 aromatic heterocycles. The number of thiol groups is 1.